The molecule has 0 N–H and O–H groups in total. The van der Waals surface area contributed by atoms with Gasteiger partial charge in [0, 0.05) is 25.7 Å². The Hall–Kier alpha value is -1.20. The Bertz CT molecular complexity index is 504. The maximum absolute atomic E-state index is 11.7. The average Bonchev–Trinajstić information content (AvgIpc) is 2.42. The first-order chi connectivity index (χ1) is 9.90. The molecule has 0 aliphatic heterocycles. The first kappa shape index (κ1) is 17.9. The zero-order valence-corrected chi connectivity index (χ0v) is 13.9. The molecular weight excluding hydrogens is 268 g/mol. The van der Waals surface area contributed by atoms with Crippen molar-refractivity contribution in [3.05, 3.63) is 26.0 Å². The summed E-state index contributed by atoms with van der Waals surface area (Å²) in [4.78, 5) is 27.3. The molecular formula is C16H28N2O3. The van der Waals surface area contributed by atoms with E-state index in [4.69, 9.17) is 4.74 Å². The summed E-state index contributed by atoms with van der Waals surface area (Å²) in [6, 6.07) is 0. The smallest absolute Gasteiger partial charge is 0.249 e. The number of hydrogen-bond acceptors (Lipinski definition) is 5. The molecule has 0 aliphatic rings. The highest BCUT2D eigenvalue weighted by molar-refractivity contribution is 5.59. The van der Waals surface area contributed by atoms with Crippen LogP contribution in [0.4, 0.5) is 5.69 Å². The number of anilines is 1. The quantitative estimate of drug-likeness (QED) is 0.480. The van der Waals surface area contributed by atoms with Crippen molar-refractivity contribution in [3.8, 4) is 0 Å². The van der Waals surface area contributed by atoms with Gasteiger partial charge in [-0.25, -0.2) is 0 Å². The highest BCUT2D eigenvalue weighted by atomic mass is 16.5. The summed E-state index contributed by atoms with van der Waals surface area (Å²) >= 11 is 0. The van der Waals surface area contributed by atoms with Crippen LogP contribution in [0.15, 0.2) is 9.59 Å². The van der Waals surface area contributed by atoms with E-state index < -0.39 is 0 Å². The van der Waals surface area contributed by atoms with Gasteiger partial charge in [-0.2, -0.15) is 0 Å². The van der Waals surface area contributed by atoms with Crippen LogP contribution >= 0.6 is 0 Å². The number of likely N-dealkylation sites (N-methyl/N-ethyl adjacent to an activating group) is 2. The first-order valence-corrected chi connectivity index (χ1v) is 7.70. The topological polar surface area (TPSA) is 49.9 Å². The number of hydrogen-bond donors (Lipinski definition) is 0. The van der Waals surface area contributed by atoms with E-state index >= 15 is 0 Å². The number of nitrogens with zero attached hydrogens (tertiary/aromatic N) is 2. The molecule has 0 spiro atoms. The molecule has 5 nitrogen and oxygen atoms in total. The Labute approximate surface area is 127 Å². The summed E-state index contributed by atoms with van der Waals surface area (Å²) in [7, 11) is 3.92. The third kappa shape index (κ3) is 4.64. The van der Waals surface area contributed by atoms with Crippen LogP contribution in [0, 0.1) is 0 Å². The van der Waals surface area contributed by atoms with Crippen LogP contribution in [-0.2, 0) is 4.74 Å². The fraction of sp³-hybridized carbons (Fsp3) is 0.750. The summed E-state index contributed by atoms with van der Waals surface area (Å²) in [5.41, 5.74) is 0.546. The molecule has 1 aromatic carbocycles. The zero-order chi connectivity index (χ0) is 16.0. The third-order valence-corrected chi connectivity index (χ3v) is 3.67. The molecule has 0 heterocycles. The van der Waals surface area contributed by atoms with Gasteiger partial charge in [0.1, 0.15) is 0 Å². The summed E-state index contributed by atoms with van der Waals surface area (Å²) in [5, 5.41) is 0. The highest BCUT2D eigenvalue weighted by Gasteiger charge is 2.25. The Morgan fingerprint density at radius 1 is 1.00 bits per heavy atom. The van der Waals surface area contributed by atoms with Crippen LogP contribution in [0.2, 0.25) is 0 Å². The minimum Gasteiger partial charge on any atom is -0.378 e. The van der Waals surface area contributed by atoms with Crippen molar-refractivity contribution in [2.75, 3.05) is 51.8 Å². The van der Waals surface area contributed by atoms with Crippen molar-refractivity contribution < 1.29 is 4.74 Å². The van der Waals surface area contributed by atoms with Gasteiger partial charge in [0.15, 0.2) is 0 Å². The fourth-order valence-corrected chi connectivity index (χ4v) is 2.44. The molecule has 0 fully saturated rings. The summed E-state index contributed by atoms with van der Waals surface area (Å²) in [6.45, 7) is 9.89. The zero-order valence-electron chi connectivity index (χ0n) is 13.9. The molecule has 0 atom stereocenters. The van der Waals surface area contributed by atoms with E-state index in [2.05, 4.69) is 18.9 Å². The maximum atomic E-state index is 11.7. The summed E-state index contributed by atoms with van der Waals surface area (Å²) in [5.74, 6) is 0.0938. The van der Waals surface area contributed by atoms with Crippen LogP contribution in [0.25, 0.3) is 0 Å². The van der Waals surface area contributed by atoms with Crippen LogP contribution in [-0.4, -0.2) is 51.8 Å². The van der Waals surface area contributed by atoms with Crippen molar-refractivity contribution in [3.63, 3.8) is 0 Å². The normalized spacial score (nSPS) is 11.8. The van der Waals surface area contributed by atoms with Gasteiger partial charge < -0.3 is 14.5 Å². The van der Waals surface area contributed by atoms with E-state index in [0.29, 0.717) is 31.0 Å². The summed E-state index contributed by atoms with van der Waals surface area (Å²) < 4.78 is 5.60. The van der Waals surface area contributed by atoms with Gasteiger partial charge in [0.2, 0.25) is 10.9 Å². The lowest BCUT2D eigenvalue weighted by Crippen LogP contribution is -2.43. The molecule has 5 heteroatoms. The van der Waals surface area contributed by atoms with Crippen molar-refractivity contribution in [2.45, 2.75) is 33.1 Å². The Kier molecular flexibility index (Phi) is 7.05. The molecule has 0 amide bonds. The number of rotatable bonds is 10. The standard InChI is InChI=1S/C16H28N2O3/c1-6-7-17(4)8-10-21-11-9-18(5)14-13(12(2)3)15(19)16(14)20/h12H,6-11H2,1-5H3. The van der Waals surface area contributed by atoms with Gasteiger partial charge in [0.05, 0.1) is 18.9 Å². The average molecular weight is 296 g/mol. The Morgan fingerprint density at radius 3 is 2.19 bits per heavy atom. The lowest BCUT2D eigenvalue weighted by Gasteiger charge is -2.24. The lowest BCUT2D eigenvalue weighted by molar-refractivity contribution is 0.117. The van der Waals surface area contributed by atoms with Crippen LogP contribution in [0.3, 0.4) is 0 Å². The SMILES string of the molecule is CCCN(C)CCOCCN(C)c1c(C(C)C)c(=O)c1=O. The fourth-order valence-electron chi connectivity index (χ4n) is 2.44. The largest absolute Gasteiger partial charge is 0.378 e. The van der Waals surface area contributed by atoms with Crippen LogP contribution in [0.1, 0.15) is 38.7 Å². The van der Waals surface area contributed by atoms with E-state index in [0.717, 1.165) is 19.5 Å². The molecule has 1 rings (SSSR count). The van der Waals surface area contributed by atoms with Crippen LogP contribution < -0.4 is 15.8 Å². The predicted molar refractivity (Wildman–Crippen MR) is 87.3 cm³/mol. The Morgan fingerprint density at radius 2 is 1.62 bits per heavy atom. The van der Waals surface area contributed by atoms with E-state index in [1.54, 1.807) is 0 Å². The van der Waals surface area contributed by atoms with Crippen molar-refractivity contribution in [1.82, 2.24) is 4.90 Å². The summed E-state index contributed by atoms with van der Waals surface area (Å²) in [6.07, 6.45) is 1.14. The molecule has 0 bridgehead atoms. The van der Waals surface area contributed by atoms with Crippen molar-refractivity contribution in [1.29, 1.82) is 0 Å². The van der Waals surface area contributed by atoms with Crippen molar-refractivity contribution in [2.24, 2.45) is 0 Å². The Balaban J connectivity index is 2.35. The van der Waals surface area contributed by atoms with Gasteiger partial charge in [-0.15, -0.1) is 0 Å². The van der Waals surface area contributed by atoms with Gasteiger partial charge in [-0.05, 0) is 25.9 Å². The van der Waals surface area contributed by atoms with Gasteiger partial charge in [-0.3, -0.25) is 9.59 Å². The second-order valence-corrected chi connectivity index (χ2v) is 5.91. The van der Waals surface area contributed by atoms with Gasteiger partial charge in [0.25, 0.3) is 0 Å². The molecule has 0 unspecified atom stereocenters. The predicted octanol–water partition coefficient (Wildman–Crippen LogP) is 1.20. The second kappa shape index (κ2) is 8.29. The monoisotopic (exact) mass is 296 g/mol. The highest BCUT2D eigenvalue weighted by Crippen LogP contribution is 2.21. The molecule has 1 aromatic rings. The van der Waals surface area contributed by atoms with Gasteiger partial charge in [-0.1, -0.05) is 20.8 Å². The molecule has 0 saturated carbocycles. The van der Waals surface area contributed by atoms with E-state index in [9.17, 15) is 9.59 Å². The minimum atomic E-state index is -0.358. The molecule has 0 saturated heterocycles. The van der Waals surface area contributed by atoms with Gasteiger partial charge >= 0.3 is 0 Å². The van der Waals surface area contributed by atoms with Crippen LogP contribution in [0.5, 0.6) is 0 Å². The maximum Gasteiger partial charge on any atom is 0.249 e. The lowest BCUT2D eigenvalue weighted by atomic mass is 9.95. The first-order valence-electron chi connectivity index (χ1n) is 7.70. The molecule has 0 aromatic heterocycles. The minimum absolute atomic E-state index is 0.0938. The second-order valence-electron chi connectivity index (χ2n) is 5.91. The molecule has 0 aliphatic carbocycles. The van der Waals surface area contributed by atoms with Crippen molar-refractivity contribution >= 4 is 5.69 Å². The molecule has 21 heavy (non-hydrogen) atoms. The third-order valence-electron chi connectivity index (χ3n) is 3.67. The van der Waals surface area contributed by atoms with E-state index in [1.165, 1.54) is 0 Å². The molecule has 0 radical (unpaired) electrons. The van der Waals surface area contributed by atoms with E-state index in [1.807, 2.05) is 25.8 Å². The van der Waals surface area contributed by atoms with E-state index in [-0.39, 0.29) is 16.8 Å². The number of ether oxygens (including phenoxy) is 1. The molecule has 120 valence electrons.